The van der Waals surface area contributed by atoms with E-state index in [1.165, 1.54) is 0 Å². The van der Waals surface area contributed by atoms with Gasteiger partial charge in [0.15, 0.2) is 0 Å². The lowest BCUT2D eigenvalue weighted by Gasteiger charge is -2.34. The maximum atomic E-state index is 12.2. The van der Waals surface area contributed by atoms with Crippen molar-refractivity contribution in [1.29, 1.82) is 0 Å². The summed E-state index contributed by atoms with van der Waals surface area (Å²) in [5, 5.41) is 2.95. The Labute approximate surface area is 117 Å². The lowest BCUT2D eigenvalue weighted by Crippen LogP contribution is -2.56. The van der Waals surface area contributed by atoms with Crippen LogP contribution in [0, 0.1) is 0 Å². The molecule has 0 bridgehead atoms. The van der Waals surface area contributed by atoms with Crippen molar-refractivity contribution in [2.24, 2.45) is 0 Å². The fraction of sp³-hybridized carbons (Fsp3) is 0.467. The first-order valence-electron chi connectivity index (χ1n) is 6.95. The number of hydrogen-bond acceptors (Lipinski definition) is 3. The van der Waals surface area contributed by atoms with Crippen LogP contribution in [0.1, 0.15) is 18.4 Å². The monoisotopic (exact) mass is 274 g/mol. The summed E-state index contributed by atoms with van der Waals surface area (Å²) in [6.07, 6.45) is 2.07. The van der Waals surface area contributed by atoms with Crippen molar-refractivity contribution in [3.05, 3.63) is 35.9 Å². The molecule has 1 aromatic carbocycles. The van der Waals surface area contributed by atoms with Crippen LogP contribution in [0.15, 0.2) is 30.3 Å². The van der Waals surface area contributed by atoms with Gasteiger partial charge in [-0.15, -0.1) is 0 Å². The van der Waals surface area contributed by atoms with Crippen LogP contribution in [0.5, 0.6) is 0 Å². The molecule has 1 heterocycles. The largest absolute Gasteiger partial charge is 0.369 e. The molecule has 1 N–H and O–H groups in total. The predicted octanol–water partition coefficient (Wildman–Crippen LogP) is 0.693. The van der Waals surface area contributed by atoms with Crippen LogP contribution >= 0.6 is 0 Å². The van der Waals surface area contributed by atoms with Crippen LogP contribution in [0.3, 0.4) is 0 Å². The molecule has 20 heavy (non-hydrogen) atoms. The Bertz CT molecular complexity index is 499. The first kappa shape index (κ1) is 13.1. The minimum atomic E-state index is -0.517. The highest BCUT2D eigenvalue weighted by Gasteiger charge is 2.36. The lowest BCUT2D eigenvalue weighted by molar-refractivity contribution is -0.155. The Balaban J connectivity index is 1.72. The molecule has 5 heteroatoms. The van der Waals surface area contributed by atoms with E-state index in [9.17, 15) is 9.59 Å². The molecule has 5 nitrogen and oxygen atoms in total. The normalized spacial score (nSPS) is 22.7. The Hall–Kier alpha value is -1.88. The summed E-state index contributed by atoms with van der Waals surface area (Å²) >= 11 is 0. The van der Waals surface area contributed by atoms with Gasteiger partial charge in [-0.05, 0) is 18.4 Å². The molecule has 1 saturated heterocycles. The molecule has 1 saturated carbocycles. The number of carbonyl (C=O) groups excluding carboxylic acids is 2. The molecular formula is C15H18N2O3. The van der Waals surface area contributed by atoms with Gasteiger partial charge in [0, 0.05) is 12.6 Å². The summed E-state index contributed by atoms with van der Waals surface area (Å²) in [7, 11) is 0. The van der Waals surface area contributed by atoms with Crippen molar-refractivity contribution in [2.45, 2.75) is 31.5 Å². The molecule has 2 amide bonds. The molecule has 1 aliphatic heterocycles. The van der Waals surface area contributed by atoms with E-state index in [1.807, 2.05) is 30.3 Å². The number of nitrogens with zero attached hydrogens (tertiary/aromatic N) is 1. The van der Waals surface area contributed by atoms with E-state index in [-0.39, 0.29) is 31.1 Å². The van der Waals surface area contributed by atoms with Crippen molar-refractivity contribution < 1.29 is 14.3 Å². The van der Waals surface area contributed by atoms with Crippen LogP contribution in [0.2, 0.25) is 0 Å². The first-order chi connectivity index (χ1) is 9.74. The third kappa shape index (κ3) is 2.99. The predicted molar refractivity (Wildman–Crippen MR) is 72.8 cm³/mol. The number of rotatable bonds is 4. The number of benzene rings is 1. The van der Waals surface area contributed by atoms with Gasteiger partial charge in [0.05, 0.1) is 6.61 Å². The number of morpholine rings is 1. The zero-order valence-corrected chi connectivity index (χ0v) is 11.2. The van der Waals surface area contributed by atoms with Gasteiger partial charge in [-0.25, -0.2) is 0 Å². The zero-order chi connectivity index (χ0) is 13.9. The van der Waals surface area contributed by atoms with E-state index in [1.54, 1.807) is 4.90 Å². The van der Waals surface area contributed by atoms with Crippen molar-refractivity contribution in [2.75, 3.05) is 13.2 Å². The molecule has 106 valence electrons. The summed E-state index contributed by atoms with van der Waals surface area (Å²) in [6, 6.07) is 9.48. The van der Waals surface area contributed by atoms with Gasteiger partial charge in [0.25, 0.3) is 0 Å². The Morgan fingerprint density at radius 3 is 2.75 bits per heavy atom. The molecule has 0 spiro atoms. The molecule has 1 unspecified atom stereocenters. The average Bonchev–Trinajstić information content (AvgIpc) is 3.26. The van der Waals surface area contributed by atoms with Crippen molar-refractivity contribution in [3.63, 3.8) is 0 Å². The molecule has 1 atom stereocenters. The van der Waals surface area contributed by atoms with Crippen molar-refractivity contribution >= 4 is 11.8 Å². The molecule has 2 aliphatic rings. The third-order valence-electron chi connectivity index (χ3n) is 3.62. The second kappa shape index (κ2) is 5.63. The van der Waals surface area contributed by atoms with E-state index >= 15 is 0 Å². The van der Waals surface area contributed by atoms with E-state index in [4.69, 9.17) is 4.74 Å². The van der Waals surface area contributed by atoms with Crippen molar-refractivity contribution in [1.82, 2.24) is 10.2 Å². The Morgan fingerprint density at radius 1 is 1.30 bits per heavy atom. The second-order valence-electron chi connectivity index (χ2n) is 5.32. The van der Waals surface area contributed by atoms with Gasteiger partial charge in [-0.3, -0.25) is 9.59 Å². The van der Waals surface area contributed by atoms with E-state index in [0.717, 1.165) is 18.4 Å². The highest BCUT2D eigenvalue weighted by molar-refractivity contribution is 5.89. The fourth-order valence-corrected chi connectivity index (χ4v) is 2.33. The van der Waals surface area contributed by atoms with E-state index in [2.05, 4.69) is 5.32 Å². The van der Waals surface area contributed by atoms with Crippen LogP contribution < -0.4 is 5.32 Å². The van der Waals surface area contributed by atoms with Gasteiger partial charge < -0.3 is 15.0 Å². The molecule has 2 fully saturated rings. The Morgan fingerprint density at radius 2 is 2.05 bits per heavy atom. The number of hydrogen-bond donors (Lipinski definition) is 1. The summed E-state index contributed by atoms with van der Waals surface area (Å²) < 4.78 is 5.23. The molecule has 0 aromatic heterocycles. The van der Waals surface area contributed by atoms with Gasteiger partial charge in [-0.1, -0.05) is 30.3 Å². The van der Waals surface area contributed by atoms with Crippen LogP contribution in [0.25, 0.3) is 0 Å². The number of nitrogens with one attached hydrogen (secondary N) is 1. The van der Waals surface area contributed by atoms with Crippen LogP contribution in [0.4, 0.5) is 0 Å². The second-order valence-corrected chi connectivity index (χ2v) is 5.32. The average molecular weight is 274 g/mol. The maximum Gasteiger partial charge on any atom is 0.249 e. The quantitative estimate of drug-likeness (QED) is 0.879. The van der Waals surface area contributed by atoms with Gasteiger partial charge in [0.1, 0.15) is 12.6 Å². The molecule has 1 aromatic rings. The summed E-state index contributed by atoms with van der Waals surface area (Å²) in [6.45, 7) is 0.781. The van der Waals surface area contributed by atoms with E-state index < -0.39 is 6.04 Å². The standard InChI is InChI=1S/C15H18N2O3/c18-14-10-20-9-13(15(19)16-12-6-7-12)17(14)8-11-4-2-1-3-5-11/h1-5,12-13H,6-10H2,(H,16,19). The lowest BCUT2D eigenvalue weighted by atomic mass is 10.1. The summed E-state index contributed by atoms with van der Waals surface area (Å²) in [4.78, 5) is 25.9. The third-order valence-corrected chi connectivity index (χ3v) is 3.62. The fourth-order valence-electron chi connectivity index (χ4n) is 2.33. The smallest absolute Gasteiger partial charge is 0.249 e. The molecule has 3 rings (SSSR count). The highest BCUT2D eigenvalue weighted by Crippen LogP contribution is 2.20. The van der Waals surface area contributed by atoms with Gasteiger partial charge in [-0.2, -0.15) is 0 Å². The number of carbonyl (C=O) groups is 2. The first-order valence-corrected chi connectivity index (χ1v) is 6.95. The van der Waals surface area contributed by atoms with Crippen molar-refractivity contribution in [3.8, 4) is 0 Å². The van der Waals surface area contributed by atoms with Crippen LogP contribution in [-0.4, -0.2) is 42.0 Å². The SMILES string of the molecule is O=C(NC1CC1)C1COCC(=O)N1Cc1ccccc1. The van der Waals surface area contributed by atoms with Gasteiger partial charge in [0.2, 0.25) is 11.8 Å². The zero-order valence-electron chi connectivity index (χ0n) is 11.2. The maximum absolute atomic E-state index is 12.2. The number of amides is 2. The van der Waals surface area contributed by atoms with Crippen LogP contribution in [-0.2, 0) is 20.9 Å². The molecular weight excluding hydrogens is 256 g/mol. The van der Waals surface area contributed by atoms with Gasteiger partial charge >= 0.3 is 0 Å². The summed E-state index contributed by atoms with van der Waals surface area (Å²) in [5.74, 6) is -0.229. The minimum Gasteiger partial charge on any atom is -0.369 e. The minimum absolute atomic E-state index is 0.0556. The molecule has 1 aliphatic carbocycles. The number of ether oxygens (including phenoxy) is 1. The Kier molecular flexibility index (Phi) is 3.69. The topological polar surface area (TPSA) is 58.6 Å². The molecule has 0 radical (unpaired) electrons. The highest BCUT2D eigenvalue weighted by atomic mass is 16.5. The summed E-state index contributed by atoms with van der Waals surface area (Å²) in [5.41, 5.74) is 1.02. The van der Waals surface area contributed by atoms with E-state index in [0.29, 0.717) is 6.54 Å².